The van der Waals surface area contributed by atoms with Crippen LogP contribution in [0.3, 0.4) is 0 Å². The Morgan fingerprint density at radius 3 is 2.45 bits per heavy atom. The van der Waals surface area contributed by atoms with Crippen LogP contribution in [0.2, 0.25) is 0 Å². The van der Waals surface area contributed by atoms with Gasteiger partial charge in [0.1, 0.15) is 18.1 Å². The van der Waals surface area contributed by atoms with Gasteiger partial charge in [0.25, 0.3) is 0 Å². The number of ether oxygens (including phenoxy) is 2. The third-order valence-electron chi connectivity index (χ3n) is 7.28. The third kappa shape index (κ3) is 4.43. The maximum atomic E-state index is 13.6. The zero-order valence-electron chi connectivity index (χ0n) is 19.3. The van der Waals surface area contributed by atoms with Crippen molar-refractivity contribution in [2.45, 2.75) is 50.5 Å². The van der Waals surface area contributed by atoms with Gasteiger partial charge in [0.2, 0.25) is 11.8 Å². The highest BCUT2D eigenvalue weighted by Gasteiger charge is 2.53. The summed E-state index contributed by atoms with van der Waals surface area (Å²) in [5.74, 6) is 2.06. The number of aryl methyl sites for hydroxylation is 1. The fourth-order valence-electron chi connectivity index (χ4n) is 5.12. The van der Waals surface area contributed by atoms with Crippen molar-refractivity contribution in [2.24, 2.45) is 0 Å². The van der Waals surface area contributed by atoms with Gasteiger partial charge in [-0.1, -0.05) is 24.3 Å². The molecule has 1 saturated heterocycles. The topological polar surface area (TPSA) is 59.1 Å². The van der Waals surface area contributed by atoms with Crippen molar-refractivity contribution in [1.82, 2.24) is 9.80 Å². The molecule has 0 spiro atoms. The molecule has 2 aromatic carbocycles. The predicted octanol–water partition coefficient (Wildman–Crippen LogP) is 3.70. The average Bonchev–Trinajstić information content (AvgIpc) is 3.53. The first kappa shape index (κ1) is 21.8. The first-order valence-corrected chi connectivity index (χ1v) is 12.1. The molecule has 2 aromatic rings. The Morgan fingerprint density at radius 1 is 1.00 bits per heavy atom. The molecule has 174 valence electrons. The fraction of sp³-hybridized carbons (Fsp3) is 0.481. The van der Waals surface area contributed by atoms with Gasteiger partial charge in [-0.05, 0) is 61.4 Å². The summed E-state index contributed by atoms with van der Waals surface area (Å²) in [5.41, 5.74) is 2.79. The summed E-state index contributed by atoms with van der Waals surface area (Å²) < 4.78 is 11.2. The molecule has 0 N–H and O–H groups in total. The van der Waals surface area contributed by atoms with Gasteiger partial charge >= 0.3 is 0 Å². The Hall–Kier alpha value is -3.02. The highest BCUT2D eigenvalue weighted by molar-refractivity contribution is 5.91. The quantitative estimate of drug-likeness (QED) is 0.676. The van der Waals surface area contributed by atoms with Crippen LogP contribution < -0.4 is 9.47 Å². The van der Waals surface area contributed by atoms with E-state index in [2.05, 4.69) is 6.07 Å². The van der Waals surface area contributed by atoms with Crippen LogP contribution in [0.5, 0.6) is 11.5 Å². The summed E-state index contributed by atoms with van der Waals surface area (Å²) in [6.45, 7) is 3.40. The van der Waals surface area contributed by atoms with Crippen molar-refractivity contribution < 1.29 is 19.1 Å². The summed E-state index contributed by atoms with van der Waals surface area (Å²) in [6, 6.07) is 14.1. The standard InChI is InChI=1S/C27H32N2O4/c1-32-23-8-6-22(7-9-23)27(12-13-27)26(31)29-16-17-33-24-10-4-20(18-21(24)19-29)5-11-25(30)28-14-2-3-15-28/h4,6-10,18H,2-3,5,11-17,19H2,1H3. The predicted molar refractivity (Wildman–Crippen MR) is 125 cm³/mol. The lowest BCUT2D eigenvalue weighted by molar-refractivity contribution is -0.134. The number of carbonyl (C=O) groups is 2. The monoisotopic (exact) mass is 448 g/mol. The van der Waals surface area contributed by atoms with E-state index in [0.29, 0.717) is 32.5 Å². The molecule has 0 unspecified atom stereocenters. The number of carbonyl (C=O) groups excluding carboxylic acids is 2. The summed E-state index contributed by atoms with van der Waals surface area (Å²) in [4.78, 5) is 30.0. The summed E-state index contributed by atoms with van der Waals surface area (Å²) in [7, 11) is 1.65. The lowest BCUT2D eigenvalue weighted by Crippen LogP contribution is -2.40. The van der Waals surface area contributed by atoms with Crippen LogP contribution in [0.25, 0.3) is 0 Å². The SMILES string of the molecule is COc1ccc(C2(C(=O)N3CCOc4ccc(CCC(=O)N5CCCC5)cc4C3)CC2)cc1. The minimum Gasteiger partial charge on any atom is -0.497 e. The number of likely N-dealkylation sites (tertiary alicyclic amines) is 1. The highest BCUT2D eigenvalue weighted by atomic mass is 16.5. The zero-order chi connectivity index (χ0) is 22.8. The molecule has 6 nitrogen and oxygen atoms in total. The molecular weight excluding hydrogens is 416 g/mol. The Bertz CT molecular complexity index is 1020. The van der Waals surface area contributed by atoms with Crippen molar-refractivity contribution in [2.75, 3.05) is 33.4 Å². The molecule has 0 atom stereocenters. The first-order valence-electron chi connectivity index (χ1n) is 12.1. The third-order valence-corrected chi connectivity index (χ3v) is 7.28. The van der Waals surface area contributed by atoms with Crippen LogP contribution >= 0.6 is 0 Å². The molecule has 1 aliphatic carbocycles. The van der Waals surface area contributed by atoms with E-state index in [1.165, 1.54) is 0 Å². The van der Waals surface area contributed by atoms with Gasteiger partial charge in [-0.25, -0.2) is 0 Å². The van der Waals surface area contributed by atoms with Gasteiger partial charge in [0, 0.05) is 31.6 Å². The van der Waals surface area contributed by atoms with E-state index in [1.54, 1.807) is 7.11 Å². The highest BCUT2D eigenvalue weighted by Crippen LogP contribution is 2.50. The molecule has 2 aliphatic heterocycles. The molecule has 5 rings (SSSR count). The van der Waals surface area contributed by atoms with Crippen LogP contribution in [0.4, 0.5) is 0 Å². The van der Waals surface area contributed by atoms with Crippen LogP contribution in [-0.4, -0.2) is 55.0 Å². The number of rotatable bonds is 6. The van der Waals surface area contributed by atoms with E-state index in [0.717, 1.165) is 67.0 Å². The fourth-order valence-corrected chi connectivity index (χ4v) is 5.12. The maximum Gasteiger partial charge on any atom is 0.233 e. The zero-order valence-corrected chi connectivity index (χ0v) is 19.3. The maximum absolute atomic E-state index is 13.6. The van der Waals surface area contributed by atoms with E-state index >= 15 is 0 Å². The molecule has 6 heteroatoms. The van der Waals surface area contributed by atoms with E-state index in [9.17, 15) is 9.59 Å². The van der Waals surface area contributed by atoms with Crippen molar-refractivity contribution >= 4 is 11.8 Å². The Balaban J connectivity index is 1.28. The molecule has 1 saturated carbocycles. The van der Waals surface area contributed by atoms with Crippen LogP contribution in [-0.2, 0) is 28.0 Å². The average molecular weight is 449 g/mol. The van der Waals surface area contributed by atoms with Gasteiger partial charge in [0.15, 0.2) is 0 Å². The van der Waals surface area contributed by atoms with Crippen LogP contribution in [0.1, 0.15) is 48.8 Å². The van der Waals surface area contributed by atoms with Gasteiger partial charge in [-0.15, -0.1) is 0 Å². The lowest BCUT2D eigenvalue weighted by Gasteiger charge is -2.26. The molecule has 0 aromatic heterocycles. The van der Waals surface area contributed by atoms with Crippen molar-refractivity contribution in [3.8, 4) is 11.5 Å². The van der Waals surface area contributed by atoms with Gasteiger partial charge in [0.05, 0.1) is 19.1 Å². The molecule has 2 amide bonds. The van der Waals surface area contributed by atoms with Gasteiger partial charge in [-0.3, -0.25) is 9.59 Å². The second kappa shape index (κ2) is 9.08. The number of methoxy groups -OCH3 is 1. The van der Waals surface area contributed by atoms with Crippen LogP contribution in [0, 0.1) is 0 Å². The summed E-state index contributed by atoms with van der Waals surface area (Å²) in [6.07, 6.45) is 5.23. The number of amides is 2. The van der Waals surface area contributed by atoms with Crippen molar-refractivity contribution in [3.63, 3.8) is 0 Å². The number of nitrogens with zero attached hydrogens (tertiary/aromatic N) is 2. The van der Waals surface area contributed by atoms with Gasteiger partial charge < -0.3 is 19.3 Å². The van der Waals surface area contributed by atoms with E-state index in [1.807, 2.05) is 46.2 Å². The second-order valence-corrected chi connectivity index (χ2v) is 9.42. The van der Waals surface area contributed by atoms with Crippen molar-refractivity contribution in [3.05, 3.63) is 59.2 Å². The second-order valence-electron chi connectivity index (χ2n) is 9.42. The van der Waals surface area contributed by atoms with Crippen molar-refractivity contribution in [1.29, 1.82) is 0 Å². The van der Waals surface area contributed by atoms with E-state index < -0.39 is 5.41 Å². The van der Waals surface area contributed by atoms with E-state index in [-0.39, 0.29) is 11.8 Å². The molecule has 0 bridgehead atoms. The molecule has 2 heterocycles. The molecular formula is C27H32N2O4. The number of fused-ring (bicyclic) bond motifs is 1. The number of hydrogen-bond acceptors (Lipinski definition) is 4. The minimum atomic E-state index is -0.420. The minimum absolute atomic E-state index is 0.179. The van der Waals surface area contributed by atoms with Gasteiger partial charge in [-0.2, -0.15) is 0 Å². The first-order chi connectivity index (χ1) is 16.1. The molecule has 2 fully saturated rings. The van der Waals surface area contributed by atoms with Crippen LogP contribution in [0.15, 0.2) is 42.5 Å². The Morgan fingerprint density at radius 2 is 1.76 bits per heavy atom. The molecule has 33 heavy (non-hydrogen) atoms. The van der Waals surface area contributed by atoms with E-state index in [4.69, 9.17) is 9.47 Å². The summed E-state index contributed by atoms with van der Waals surface area (Å²) in [5, 5.41) is 0. The number of hydrogen-bond donors (Lipinski definition) is 0. The number of benzene rings is 2. The lowest BCUT2D eigenvalue weighted by atomic mass is 9.94. The molecule has 3 aliphatic rings. The normalized spacial score (nSPS) is 18.8. The largest absolute Gasteiger partial charge is 0.497 e. The Labute approximate surface area is 195 Å². The smallest absolute Gasteiger partial charge is 0.233 e. The summed E-state index contributed by atoms with van der Waals surface area (Å²) >= 11 is 0. The molecule has 0 radical (unpaired) electrons. The Kier molecular flexibility index (Phi) is 6.00.